The predicted octanol–water partition coefficient (Wildman–Crippen LogP) is 14.0. The van der Waals surface area contributed by atoms with E-state index in [1.165, 1.54) is 135 Å². The average molecular weight is 815 g/mol. The van der Waals surface area contributed by atoms with Gasteiger partial charge in [-0.3, -0.25) is 13.8 Å². The smallest absolute Gasteiger partial charge is 0.457 e. The van der Waals surface area contributed by atoms with Crippen LogP contribution in [0.3, 0.4) is 0 Å². The summed E-state index contributed by atoms with van der Waals surface area (Å²) in [5, 5.41) is 0. The fourth-order valence-electron chi connectivity index (χ4n) is 6.58. The Balaban J connectivity index is 4.19. The van der Waals surface area contributed by atoms with Crippen LogP contribution in [-0.4, -0.2) is 75.6 Å². The molecule has 0 rings (SSSR count). The third-order valence-electron chi connectivity index (χ3n) is 10.3. The van der Waals surface area contributed by atoms with Gasteiger partial charge in [0.1, 0.15) is 19.3 Å². The van der Waals surface area contributed by atoms with E-state index in [2.05, 4.69) is 38.2 Å². The van der Waals surface area contributed by atoms with Crippen molar-refractivity contribution in [3.63, 3.8) is 0 Å². The lowest BCUT2D eigenvalue weighted by molar-refractivity contribution is -0.870. The zero-order valence-electron chi connectivity index (χ0n) is 37.6. The van der Waals surface area contributed by atoms with Gasteiger partial charge >= 0.3 is 13.8 Å². The largest absolute Gasteiger partial charge is 0.472 e. The van der Waals surface area contributed by atoms with Crippen LogP contribution in [-0.2, 0) is 27.9 Å². The number of quaternary nitrogens is 1. The molecule has 0 amide bonds. The third kappa shape index (κ3) is 44.1. The molecule has 2 atom stereocenters. The molecule has 0 bridgehead atoms. The van der Waals surface area contributed by atoms with E-state index in [0.29, 0.717) is 24.1 Å². The first-order valence-electron chi connectivity index (χ1n) is 23.6. The average Bonchev–Trinajstić information content (AvgIpc) is 3.15. The van der Waals surface area contributed by atoms with Crippen molar-refractivity contribution in [3.05, 3.63) is 24.3 Å². The summed E-state index contributed by atoms with van der Waals surface area (Å²) >= 11 is 0. The molecule has 0 aromatic heterocycles. The minimum Gasteiger partial charge on any atom is -0.457 e. The van der Waals surface area contributed by atoms with Gasteiger partial charge in [-0.05, 0) is 44.9 Å². The van der Waals surface area contributed by atoms with E-state index in [9.17, 15) is 14.3 Å². The van der Waals surface area contributed by atoms with Crippen molar-refractivity contribution in [1.29, 1.82) is 0 Å². The van der Waals surface area contributed by atoms with Gasteiger partial charge in [-0.1, -0.05) is 186 Å². The number of nitrogens with zero attached hydrogens (tertiary/aromatic N) is 1. The number of phosphoric ester groups is 1. The molecule has 332 valence electrons. The van der Waals surface area contributed by atoms with Crippen molar-refractivity contribution in [2.24, 2.45) is 0 Å². The Morgan fingerprint density at radius 1 is 0.554 bits per heavy atom. The van der Waals surface area contributed by atoms with Crippen LogP contribution in [0.2, 0.25) is 0 Å². The van der Waals surface area contributed by atoms with Crippen molar-refractivity contribution in [3.8, 4) is 0 Å². The molecule has 0 saturated carbocycles. The van der Waals surface area contributed by atoms with E-state index in [-0.39, 0.29) is 25.8 Å². The quantitative estimate of drug-likeness (QED) is 0.0215. The Kier molecular flexibility index (Phi) is 40.0. The zero-order valence-corrected chi connectivity index (χ0v) is 38.5. The van der Waals surface area contributed by atoms with Gasteiger partial charge in [0, 0.05) is 13.0 Å². The van der Waals surface area contributed by atoms with Crippen LogP contribution in [0, 0.1) is 0 Å². The molecule has 8 nitrogen and oxygen atoms in total. The van der Waals surface area contributed by atoms with Crippen LogP contribution in [0.1, 0.15) is 213 Å². The lowest BCUT2D eigenvalue weighted by Gasteiger charge is -2.24. The number of carbonyl (C=O) groups excluding carboxylic acids is 1. The standard InChI is InChI=1S/C47H92NO7P/c1-6-8-10-12-14-16-18-20-22-24-25-27-29-31-33-35-37-39-42-52-44-46(45-54-56(50,51)53-43-41-48(3,4)5)55-47(49)40-38-36-34-32-30-28-26-23-21-19-17-15-13-11-9-7-2/h17,19,23,26,46H,6-16,18,20-22,24-25,27-45H2,1-5H3/p+1/b19-17-,26-23-. The normalized spacial score (nSPS) is 13.9. The highest BCUT2D eigenvalue weighted by Gasteiger charge is 2.26. The highest BCUT2D eigenvalue weighted by atomic mass is 31.2. The fourth-order valence-corrected chi connectivity index (χ4v) is 7.33. The summed E-state index contributed by atoms with van der Waals surface area (Å²) in [6, 6.07) is 0. The lowest BCUT2D eigenvalue weighted by Crippen LogP contribution is -2.37. The second-order valence-electron chi connectivity index (χ2n) is 17.1. The van der Waals surface area contributed by atoms with E-state index < -0.39 is 13.9 Å². The monoisotopic (exact) mass is 815 g/mol. The molecule has 56 heavy (non-hydrogen) atoms. The first-order valence-corrected chi connectivity index (χ1v) is 25.1. The Morgan fingerprint density at radius 2 is 0.982 bits per heavy atom. The summed E-state index contributed by atoms with van der Waals surface area (Å²) in [6.45, 7) is 5.62. The molecule has 0 aliphatic heterocycles. The number of hydrogen-bond acceptors (Lipinski definition) is 6. The lowest BCUT2D eigenvalue weighted by atomic mass is 10.0. The maximum Gasteiger partial charge on any atom is 0.472 e. The SMILES string of the molecule is CCCCCC/C=C\C/C=C\CCCCCCCC(=O)OC(COCCCCCCCCCCCCCCCCCCCC)COP(=O)(O)OCC[N+](C)(C)C. The molecular formula is C47H93NO7P+. The van der Waals surface area contributed by atoms with Crippen LogP contribution >= 0.6 is 7.82 Å². The van der Waals surface area contributed by atoms with Gasteiger partial charge in [0.25, 0.3) is 0 Å². The van der Waals surface area contributed by atoms with Gasteiger partial charge in [-0.25, -0.2) is 4.57 Å². The van der Waals surface area contributed by atoms with Crippen molar-refractivity contribution in [2.45, 2.75) is 219 Å². The van der Waals surface area contributed by atoms with E-state index in [0.717, 1.165) is 57.8 Å². The predicted molar refractivity (Wildman–Crippen MR) is 238 cm³/mol. The molecule has 0 aromatic carbocycles. The zero-order chi connectivity index (χ0) is 41.3. The molecule has 0 aliphatic carbocycles. The number of rotatable bonds is 44. The number of ether oxygens (including phenoxy) is 2. The fraction of sp³-hybridized carbons (Fsp3) is 0.894. The first-order chi connectivity index (χ1) is 27.1. The molecule has 0 saturated heterocycles. The number of hydrogen-bond donors (Lipinski definition) is 1. The second kappa shape index (κ2) is 40.7. The summed E-state index contributed by atoms with van der Waals surface area (Å²) in [6.07, 6.45) is 46.4. The molecule has 0 fully saturated rings. The Bertz CT molecular complexity index is 951. The van der Waals surface area contributed by atoms with Crippen LogP contribution in [0.4, 0.5) is 0 Å². The highest BCUT2D eigenvalue weighted by Crippen LogP contribution is 2.43. The van der Waals surface area contributed by atoms with Crippen molar-refractivity contribution < 1.29 is 37.3 Å². The van der Waals surface area contributed by atoms with Crippen LogP contribution in [0.5, 0.6) is 0 Å². The van der Waals surface area contributed by atoms with E-state index in [4.69, 9.17) is 18.5 Å². The number of allylic oxidation sites excluding steroid dienone is 4. The second-order valence-corrected chi connectivity index (χ2v) is 18.6. The van der Waals surface area contributed by atoms with Crippen LogP contribution in [0.25, 0.3) is 0 Å². The van der Waals surface area contributed by atoms with Crippen LogP contribution in [0.15, 0.2) is 24.3 Å². The molecule has 0 radical (unpaired) electrons. The van der Waals surface area contributed by atoms with Crippen molar-refractivity contribution >= 4 is 13.8 Å². The van der Waals surface area contributed by atoms with E-state index in [1.54, 1.807) is 0 Å². The maximum absolute atomic E-state index is 12.7. The molecule has 2 unspecified atom stereocenters. The Hall–Kier alpha value is -1.02. The summed E-state index contributed by atoms with van der Waals surface area (Å²) in [5.41, 5.74) is 0. The highest BCUT2D eigenvalue weighted by molar-refractivity contribution is 7.47. The Labute approximate surface area is 347 Å². The van der Waals surface area contributed by atoms with Gasteiger partial charge in [0.2, 0.25) is 0 Å². The van der Waals surface area contributed by atoms with Gasteiger partial charge in [0.15, 0.2) is 0 Å². The van der Waals surface area contributed by atoms with Gasteiger partial charge < -0.3 is 18.9 Å². The topological polar surface area (TPSA) is 91.3 Å². The number of phosphoric acid groups is 1. The van der Waals surface area contributed by atoms with Gasteiger partial charge in [-0.15, -0.1) is 0 Å². The molecule has 1 N–H and O–H groups in total. The summed E-state index contributed by atoms with van der Waals surface area (Å²) < 4.78 is 35.1. The minimum absolute atomic E-state index is 0.0878. The molecule has 0 spiro atoms. The van der Waals surface area contributed by atoms with Crippen molar-refractivity contribution in [2.75, 3.05) is 54.1 Å². The third-order valence-corrected chi connectivity index (χ3v) is 11.2. The molecule has 0 heterocycles. The van der Waals surface area contributed by atoms with E-state index >= 15 is 0 Å². The van der Waals surface area contributed by atoms with Crippen LogP contribution < -0.4 is 0 Å². The van der Waals surface area contributed by atoms with Crippen molar-refractivity contribution in [1.82, 2.24) is 0 Å². The number of esters is 1. The minimum atomic E-state index is -4.28. The van der Waals surface area contributed by atoms with Gasteiger partial charge in [-0.2, -0.15) is 0 Å². The van der Waals surface area contributed by atoms with E-state index in [1.807, 2.05) is 21.1 Å². The van der Waals surface area contributed by atoms with Gasteiger partial charge in [0.05, 0.1) is 34.4 Å². The summed E-state index contributed by atoms with van der Waals surface area (Å²) in [4.78, 5) is 22.9. The number of likely N-dealkylation sites (N-methyl/N-ethyl adjacent to an activating group) is 1. The molecule has 0 aliphatic rings. The molecular weight excluding hydrogens is 721 g/mol. The Morgan fingerprint density at radius 3 is 1.46 bits per heavy atom. The number of carbonyl (C=O) groups is 1. The maximum atomic E-state index is 12.7. The first kappa shape index (κ1) is 55.0. The summed E-state index contributed by atoms with van der Waals surface area (Å²) in [7, 11) is 1.67. The molecule has 0 aromatic rings. The summed E-state index contributed by atoms with van der Waals surface area (Å²) in [5.74, 6) is -0.324. The number of unbranched alkanes of at least 4 members (excludes halogenated alkanes) is 26. The molecule has 9 heteroatoms.